The number of hydrogen-bond donors (Lipinski definition) is 1. The first-order valence-electron chi connectivity index (χ1n) is 0.569. The molecule has 0 aliphatic rings. The van der Waals surface area contributed by atoms with E-state index in [-0.39, 0.29) is 14.9 Å². The summed E-state index contributed by atoms with van der Waals surface area (Å²) in [6, 6.07) is 0. The van der Waals surface area contributed by atoms with Crippen molar-refractivity contribution in [2.45, 2.75) is 14.9 Å². The van der Waals surface area contributed by atoms with Crippen LogP contribution in [0.3, 0.4) is 0 Å². The maximum atomic E-state index is 8.78. The number of nitrogens with two attached hydrogens (primary N) is 1. The average Bonchev–Trinajstić information content (AvgIpc) is 0.811. The van der Waals surface area contributed by atoms with Crippen molar-refractivity contribution >= 4 is 11.3 Å². The molecule has 0 heterocycles. The Labute approximate surface area is 41.0 Å². The monoisotopic (exact) mass is 112 g/mol. The summed E-state index contributed by atoms with van der Waals surface area (Å²) in [5.74, 6) is 0. The molecule has 0 saturated carbocycles. The molecule has 0 bridgehead atoms. The predicted molar refractivity (Wildman–Crippen MR) is 26.6 cm³/mol. The van der Waals surface area contributed by atoms with Crippen LogP contribution < -0.4 is 5.14 Å². The van der Waals surface area contributed by atoms with Gasteiger partial charge in [-0.25, -0.2) is 0 Å². The van der Waals surface area contributed by atoms with Gasteiger partial charge >= 0.3 is 0 Å². The van der Waals surface area contributed by atoms with Gasteiger partial charge in [-0.15, -0.1) is 0 Å². The van der Waals surface area contributed by atoms with Gasteiger partial charge in [-0.2, -0.15) is 0 Å². The van der Waals surface area contributed by atoms with E-state index >= 15 is 0 Å². The van der Waals surface area contributed by atoms with Crippen LogP contribution in [-0.4, -0.2) is 8.76 Å². The van der Waals surface area contributed by atoms with E-state index < -0.39 is 11.3 Å². The van der Waals surface area contributed by atoms with Crippen LogP contribution in [0.1, 0.15) is 14.9 Å². The third kappa shape index (κ3) is 7830. The highest BCUT2D eigenvalue weighted by molar-refractivity contribution is 7.76. The molecule has 0 radical (unpaired) electrons. The van der Waals surface area contributed by atoms with Crippen molar-refractivity contribution in [2.75, 3.05) is 0 Å². The van der Waals surface area contributed by atoms with Gasteiger partial charge in [0.1, 0.15) is 0 Å². The van der Waals surface area contributed by atoms with Crippen molar-refractivity contribution in [1.29, 1.82) is 0 Å². The van der Waals surface area contributed by atoms with E-state index in [9.17, 15) is 0 Å². The normalized spacial score (nSPS) is 10.3. The van der Waals surface area contributed by atoms with Crippen molar-refractivity contribution < 1.29 is 8.76 Å². The van der Waals surface area contributed by atoms with E-state index in [0.29, 0.717) is 0 Å². The van der Waals surface area contributed by atoms with Crippen LogP contribution in [0, 0.1) is 0 Å². The lowest BCUT2D eigenvalue weighted by atomic mass is 12.0. The maximum absolute atomic E-state index is 8.78. The summed E-state index contributed by atoms with van der Waals surface area (Å²) in [6.45, 7) is 0. The van der Waals surface area contributed by atoms with Crippen LogP contribution in [0.4, 0.5) is 0 Å². The highest BCUT2D eigenvalue weighted by atomic mass is 32.2. The molecular weight excluding hydrogens is 102 g/mol. The first-order valence-corrected chi connectivity index (χ1v) is 1.71. The van der Waals surface area contributed by atoms with E-state index in [1.807, 2.05) is 0 Å². The SMILES string of the molecule is C.C.NS(=O)[O-]. The molecule has 1 atom stereocenters. The smallest absolute Gasteiger partial charge is 0.0152 e. The van der Waals surface area contributed by atoms with Crippen molar-refractivity contribution in [3.8, 4) is 0 Å². The van der Waals surface area contributed by atoms with Gasteiger partial charge in [0.25, 0.3) is 0 Å². The molecule has 0 aliphatic carbocycles. The van der Waals surface area contributed by atoms with Crippen molar-refractivity contribution in [3.05, 3.63) is 0 Å². The first kappa shape index (κ1) is 16.6. The second-order valence-electron chi connectivity index (χ2n) is 0.260. The second-order valence-corrected chi connectivity index (χ2v) is 0.781. The Morgan fingerprint density at radius 2 is 1.50 bits per heavy atom. The fourth-order valence-electron chi connectivity index (χ4n) is 0. The van der Waals surface area contributed by atoms with E-state index in [2.05, 4.69) is 5.14 Å². The molecule has 3 nitrogen and oxygen atoms in total. The minimum absolute atomic E-state index is 0. The molecule has 0 aliphatic heterocycles. The molecule has 0 aromatic rings. The highest BCUT2D eigenvalue weighted by Gasteiger charge is 1.39. The van der Waals surface area contributed by atoms with E-state index in [1.54, 1.807) is 0 Å². The van der Waals surface area contributed by atoms with Crippen molar-refractivity contribution in [1.82, 2.24) is 0 Å². The molecule has 1 unspecified atom stereocenters. The highest BCUT2D eigenvalue weighted by Crippen LogP contribution is 1.33. The third-order valence-corrected chi connectivity index (χ3v) is 0. The van der Waals surface area contributed by atoms with Gasteiger partial charge in [0.05, 0.1) is 0 Å². The molecule has 0 rings (SSSR count). The lowest BCUT2D eigenvalue weighted by Crippen LogP contribution is -1.97. The van der Waals surface area contributed by atoms with Gasteiger partial charge in [0.2, 0.25) is 0 Å². The fourth-order valence-corrected chi connectivity index (χ4v) is 0. The molecule has 0 spiro atoms. The maximum Gasteiger partial charge on any atom is 0.0152 e. The minimum Gasteiger partial charge on any atom is -0.760 e. The van der Waals surface area contributed by atoms with Crippen LogP contribution in [0.15, 0.2) is 0 Å². The van der Waals surface area contributed by atoms with E-state index in [4.69, 9.17) is 8.76 Å². The topological polar surface area (TPSA) is 66.2 Å². The molecule has 0 fully saturated rings. The van der Waals surface area contributed by atoms with Crippen LogP contribution in [0.5, 0.6) is 0 Å². The Bertz CT molecular complexity index is 34.5. The summed E-state index contributed by atoms with van der Waals surface area (Å²) in [5, 5.41) is 4.03. The van der Waals surface area contributed by atoms with Crippen LogP contribution in [0.25, 0.3) is 0 Å². The largest absolute Gasteiger partial charge is 0.760 e. The summed E-state index contributed by atoms with van der Waals surface area (Å²) in [4.78, 5) is 0. The Balaban J connectivity index is -0.0000000450. The average molecular weight is 112 g/mol. The van der Waals surface area contributed by atoms with E-state index in [1.165, 1.54) is 0 Å². The third-order valence-electron chi connectivity index (χ3n) is 0. The quantitative estimate of drug-likeness (QED) is 0.448. The Morgan fingerprint density at radius 3 is 1.50 bits per heavy atom. The zero-order valence-electron chi connectivity index (χ0n) is 1.80. The fraction of sp³-hybridized carbons (Fsp3) is 1.00. The predicted octanol–water partition coefficient (Wildman–Crippen LogP) is 0.0114. The van der Waals surface area contributed by atoms with Gasteiger partial charge in [0.15, 0.2) is 0 Å². The Hall–Kier alpha value is 0.0700. The summed E-state index contributed by atoms with van der Waals surface area (Å²) in [6.07, 6.45) is 0. The first-order chi connectivity index (χ1) is 1.73. The van der Waals surface area contributed by atoms with Gasteiger partial charge in [-0.1, -0.05) is 14.9 Å². The summed E-state index contributed by atoms with van der Waals surface area (Å²) < 4.78 is 17.6. The minimum atomic E-state index is -2.36. The summed E-state index contributed by atoms with van der Waals surface area (Å²) in [5.41, 5.74) is 0. The lowest BCUT2D eigenvalue weighted by molar-refractivity contribution is 0.539. The van der Waals surface area contributed by atoms with Gasteiger partial charge in [0, 0.05) is 11.3 Å². The molecular formula is C2H10NO2S-. The molecule has 4 heteroatoms. The molecule has 0 amide bonds. The van der Waals surface area contributed by atoms with Gasteiger partial charge < -0.3 is 4.55 Å². The van der Waals surface area contributed by atoms with Crippen LogP contribution >= 0.6 is 0 Å². The zero-order valence-corrected chi connectivity index (χ0v) is 2.62. The number of rotatable bonds is 0. The summed E-state index contributed by atoms with van der Waals surface area (Å²) in [7, 11) is 0. The van der Waals surface area contributed by atoms with Crippen molar-refractivity contribution in [3.63, 3.8) is 0 Å². The molecule has 0 aromatic carbocycles. The molecule has 0 saturated heterocycles. The second kappa shape index (κ2) is 8.91. The Kier molecular flexibility index (Phi) is 24.6. The molecule has 2 N–H and O–H groups in total. The van der Waals surface area contributed by atoms with Crippen molar-refractivity contribution in [2.24, 2.45) is 5.14 Å². The van der Waals surface area contributed by atoms with E-state index in [0.717, 1.165) is 0 Å². The molecule has 0 aromatic heterocycles. The Morgan fingerprint density at radius 1 is 1.50 bits per heavy atom. The van der Waals surface area contributed by atoms with Crippen LogP contribution in [0.2, 0.25) is 0 Å². The number of hydrogen-bond acceptors (Lipinski definition) is 2. The zero-order chi connectivity index (χ0) is 3.58. The summed E-state index contributed by atoms with van der Waals surface area (Å²) >= 11 is -2.36. The van der Waals surface area contributed by atoms with Crippen LogP contribution in [-0.2, 0) is 11.3 Å². The molecule has 6 heavy (non-hydrogen) atoms. The standard InChI is InChI=1S/2CH4.H3NO2S/c;;1-4(2)3/h2*1H4;1H2,(H,2,3)/p-1. The van der Waals surface area contributed by atoms with Gasteiger partial charge in [-0.3, -0.25) is 9.35 Å². The lowest BCUT2D eigenvalue weighted by Gasteiger charge is -1.85. The van der Waals surface area contributed by atoms with Gasteiger partial charge in [-0.05, 0) is 0 Å². The molecule has 42 valence electrons.